The first kappa shape index (κ1) is 22.1. The number of aliphatic hydroxyl groups is 3. The molecule has 0 aliphatic heterocycles. The Morgan fingerprint density at radius 3 is 1.91 bits per heavy atom. The molecule has 0 bridgehead atoms. The number of allylic oxidation sites excluding steroid dienone is 2. The minimum atomic E-state index is -3.04. The summed E-state index contributed by atoms with van der Waals surface area (Å²) in [7, 11) is 0. The fraction of sp³-hybridized carbons (Fsp3) is 0.833. The third kappa shape index (κ3) is 11.3. The van der Waals surface area contributed by atoms with Crippen molar-refractivity contribution in [2.75, 3.05) is 0 Å². The van der Waals surface area contributed by atoms with Crippen LogP contribution in [0.5, 0.6) is 0 Å². The number of aliphatic hydroxyl groups excluding tert-OH is 1. The molecule has 0 spiro atoms. The molecule has 0 aromatic rings. The zero-order valence-electron chi connectivity index (χ0n) is 14.4. The second-order valence-corrected chi connectivity index (χ2v) is 6.21. The summed E-state index contributed by atoms with van der Waals surface area (Å²) in [5.41, 5.74) is 0. The maximum atomic E-state index is 10.5. The van der Waals surface area contributed by atoms with Gasteiger partial charge >= 0.3 is 5.97 Å². The van der Waals surface area contributed by atoms with Crippen LogP contribution in [0.15, 0.2) is 12.2 Å². The van der Waals surface area contributed by atoms with E-state index in [4.69, 9.17) is 15.3 Å². The van der Waals surface area contributed by atoms with E-state index in [-0.39, 0.29) is 6.42 Å². The van der Waals surface area contributed by atoms with Gasteiger partial charge in [-0.2, -0.15) is 0 Å². The van der Waals surface area contributed by atoms with Crippen molar-refractivity contribution >= 4 is 5.97 Å². The molecule has 1 unspecified atom stereocenters. The maximum absolute atomic E-state index is 10.5. The molecule has 0 saturated carbocycles. The third-order valence-corrected chi connectivity index (χ3v) is 4.02. The Bertz CT molecular complexity index is 325. The van der Waals surface area contributed by atoms with Crippen LogP contribution in [0.3, 0.4) is 0 Å². The summed E-state index contributed by atoms with van der Waals surface area (Å²) in [5, 5.41) is 36.3. The molecule has 5 heteroatoms. The molecule has 4 N–H and O–H groups in total. The van der Waals surface area contributed by atoms with Gasteiger partial charge in [-0.15, -0.1) is 0 Å². The van der Waals surface area contributed by atoms with Crippen molar-refractivity contribution in [2.45, 2.75) is 95.9 Å². The van der Waals surface area contributed by atoms with Crippen LogP contribution >= 0.6 is 0 Å². The summed E-state index contributed by atoms with van der Waals surface area (Å²) in [4.78, 5) is 10.5. The quantitative estimate of drug-likeness (QED) is 0.210. The van der Waals surface area contributed by atoms with Crippen LogP contribution in [0.1, 0.15) is 84.0 Å². The van der Waals surface area contributed by atoms with Crippen molar-refractivity contribution in [3.8, 4) is 0 Å². The van der Waals surface area contributed by atoms with Crippen LogP contribution in [0.25, 0.3) is 0 Å². The predicted molar refractivity (Wildman–Crippen MR) is 91.0 cm³/mol. The zero-order valence-corrected chi connectivity index (χ0v) is 14.4. The van der Waals surface area contributed by atoms with E-state index in [0.29, 0.717) is 6.42 Å². The highest BCUT2D eigenvalue weighted by Gasteiger charge is 2.41. The van der Waals surface area contributed by atoms with Crippen molar-refractivity contribution in [3.05, 3.63) is 12.2 Å². The summed E-state index contributed by atoms with van der Waals surface area (Å²) in [6, 6.07) is 0. The standard InChI is InChI=1S/C18H34O5/c1-2-3-4-5-6-7-8-9-10-11-12-13-14-15-16(19)18(22,23)17(20)21/h9-10,16,19,22-23H,2-8,11-15H2,1H3,(H,20,21)/b10-9-. The van der Waals surface area contributed by atoms with Gasteiger partial charge in [0.2, 0.25) is 0 Å². The Kier molecular flexibility index (Phi) is 13.0. The lowest BCUT2D eigenvalue weighted by Crippen LogP contribution is -2.49. The fourth-order valence-corrected chi connectivity index (χ4v) is 2.40. The minimum absolute atomic E-state index is 0.0702. The molecule has 0 amide bonds. The first-order valence-corrected chi connectivity index (χ1v) is 8.94. The second-order valence-electron chi connectivity index (χ2n) is 6.21. The number of carboxylic acids is 1. The lowest BCUT2D eigenvalue weighted by atomic mass is 10.0. The zero-order chi connectivity index (χ0) is 17.6. The molecule has 1 atom stereocenters. The van der Waals surface area contributed by atoms with Crippen LogP contribution in [0.4, 0.5) is 0 Å². The molecule has 5 nitrogen and oxygen atoms in total. The highest BCUT2D eigenvalue weighted by Crippen LogP contribution is 2.15. The van der Waals surface area contributed by atoms with Gasteiger partial charge in [-0.3, -0.25) is 0 Å². The highest BCUT2D eigenvalue weighted by molar-refractivity contribution is 5.75. The normalized spacial score (nSPS) is 13.6. The lowest BCUT2D eigenvalue weighted by Gasteiger charge is -2.22. The first-order chi connectivity index (χ1) is 10.9. The van der Waals surface area contributed by atoms with E-state index in [2.05, 4.69) is 19.1 Å². The van der Waals surface area contributed by atoms with Gasteiger partial charge in [-0.05, 0) is 32.1 Å². The highest BCUT2D eigenvalue weighted by atomic mass is 16.6. The summed E-state index contributed by atoms with van der Waals surface area (Å²) in [5.74, 6) is -4.86. The summed E-state index contributed by atoms with van der Waals surface area (Å²) in [6.45, 7) is 2.22. The van der Waals surface area contributed by atoms with E-state index in [1.165, 1.54) is 38.5 Å². The minimum Gasteiger partial charge on any atom is -0.477 e. The molecule has 0 aromatic carbocycles. The molecular weight excluding hydrogens is 296 g/mol. The molecule has 136 valence electrons. The first-order valence-electron chi connectivity index (χ1n) is 8.94. The van der Waals surface area contributed by atoms with Gasteiger partial charge in [0, 0.05) is 0 Å². The fourth-order valence-electron chi connectivity index (χ4n) is 2.40. The summed E-state index contributed by atoms with van der Waals surface area (Å²) in [6.07, 6.45) is 15.1. The monoisotopic (exact) mass is 330 g/mol. The number of unbranched alkanes of at least 4 members (excludes halogenated alkanes) is 9. The van der Waals surface area contributed by atoms with Crippen molar-refractivity contribution in [1.29, 1.82) is 0 Å². The molecule has 0 aliphatic carbocycles. The van der Waals surface area contributed by atoms with E-state index in [1.54, 1.807) is 0 Å². The van der Waals surface area contributed by atoms with Gasteiger partial charge in [0.05, 0.1) is 0 Å². The van der Waals surface area contributed by atoms with Crippen LogP contribution in [-0.4, -0.2) is 38.3 Å². The number of carbonyl (C=O) groups is 1. The molecule has 0 aliphatic rings. The molecule has 0 fully saturated rings. The lowest BCUT2D eigenvalue weighted by molar-refractivity contribution is -0.237. The molecule has 23 heavy (non-hydrogen) atoms. The topological polar surface area (TPSA) is 98.0 Å². The van der Waals surface area contributed by atoms with Crippen molar-refractivity contribution in [2.24, 2.45) is 0 Å². The predicted octanol–water partition coefficient (Wildman–Crippen LogP) is 3.37. The van der Waals surface area contributed by atoms with E-state index in [9.17, 15) is 9.90 Å². The number of rotatable bonds is 15. The Labute approximate surface area is 140 Å². The van der Waals surface area contributed by atoms with Gasteiger partial charge in [-0.1, -0.05) is 64.0 Å². The van der Waals surface area contributed by atoms with Gasteiger partial charge < -0.3 is 20.4 Å². The average Bonchev–Trinajstić information content (AvgIpc) is 2.51. The third-order valence-electron chi connectivity index (χ3n) is 4.02. The van der Waals surface area contributed by atoms with E-state index < -0.39 is 17.9 Å². The molecule has 0 radical (unpaired) electrons. The SMILES string of the molecule is CCCCCCCC/C=C\CCCCCC(O)C(O)(O)C(=O)O. The molecule has 0 heterocycles. The van der Waals surface area contributed by atoms with E-state index in [1.807, 2.05) is 0 Å². The number of hydrogen-bond acceptors (Lipinski definition) is 4. The van der Waals surface area contributed by atoms with Crippen LogP contribution in [0, 0.1) is 0 Å². The van der Waals surface area contributed by atoms with Gasteiger partial charge in [0.15, 0.2) is 0 Å². The number of hydrogen-bond donors (Lipinski definition) is 4. The maximum Gasteiger partial charge on any atom is 0.366 e. The van der Waals surface area contributed by atoms with E-state index in [0.717, 1.165) is 25.7 Å². The Morgan fingerprint density at radius 2 is 1.39 bits per heavy atom. The Hall–Kier alpha value is -0.910. The largest absolute Gasteiger partial charge is 0.477 e. The van der Waals surface area contributed by atoms with Gasteiger partial charge in [0.1, 0.15) is 6.10 Å². The van der Waals surface area contributed by atoms with Crippen LogP contribution < -0.4 is 0 Å². The van der Waals surface area contributed by atoms with E-state index >= 15 is 0 Å². The van der Waals surface area contributed by atoms with Crippen molar-refractivity contribution in [1.82, 2.24) is 0 Å². The van der Waals surface area contributed by atoms with Crippen LogP contribution in [0.2, 0.25) is 0 Å². The van der Waals surface area contributed by atoms with Crippen molar-refractivity contribution < 1.29 is 25.2 Å². The smallest absolute Gasteiger partial charge is 0.366 e. The second kappa shape index (κ2) is 13.5. The molecular formula is C18H34O5. The summed E-state index contributed by atoms with van der Waals surface area (Å²) < 4.78 is 0. The molecule has 0 aromatic heterocycles. The van der Waals surface area contributed by atoms with Gasteiger partial charge in [0.25, 0.3) is 5.79 Å². The number of aliphatic carboxylic acids is 1. The Morgan fingerprint density at radius 1 is 0.913 bits per heavy atom. The molecule has 0 saturated heterocycles. The average molecular weight is 330 g/mol. The Balaban J connectivity index is 3.45. The summed E-state index contributed by atoms with van der Waals surface area (Å²) >= 11 is 0. The van der Waals surface area contributed by atoms with Crippen molar-refractivity contribution in [3.63, 3.8) is 0 Å². The van der Waals surface area contributed by atoms with Gasteiger partial charge in [-0.25, -0.2) is 4.79 Å². The van der Waals surface area contributed by atoms with Crippen LogP contribution in [-0.2, 0) is 4.79 Å². The molecule has 0 rings (SSSR count). The number of carboxylic acid groups (broad SMARTS) is 1.